The predicted octanol–water partition coefficient (Wildman–Crippen LogP) is 1.22. The minimum absolute atomic E-state index is 0.0336. The van der Waals surface area contributed by atoms with Gasteiger partial charge in [-0.15, -0.1) is 0 Å². The van der Waals surface area contributed by atoms with E-state index in [4.69, 9.17) is 0 Å². The van der Waals surface area contributed by atoms with Crippen LogP contribution in [0.5, 0.6) is 0 Å². The molecular formula is C16H20N4O3S. The maximum absolute atomic E-state index is 12.5. The lowest BCUT2D eigenvalue weighted by Crippen LogP contribution is -2.35. The highest BCUT2D eigenvalue weighted by Gasteiger charge is 2.35. The SMILES string of the molecule is CC(c1ccc(-n2cncn2)cc1)N(C)C(=O)C1CCS(=O)(=O)C1. The van der Waals surface area contributed by atoms with Crippen molar-refractivity contribution in [1.82, 2.24) is 19.7 Å². The molecule has 2 heterocycles. The van der Waals surface area contributed by atoms with E-state index in [1.807, 2.05) is 31.2 Å². The molecule has 2 unspecified atom stereocenters. The quantitative estimate of drug-likeness (QED) is 0.829. The Morgan fingerprint density at radius 1 is 1.33 bits per heavy atom. The van der Waals surface area contributed by atoms with Crippen LogP contribution >= 0.6 is 0 Å². The molecule has 0 spiro atoms. The van der Waals surface area contributed by atoms with Crippen molar-refractivity contribution in [3.05, 3.63) is 42.5 Å². The van der Waals surface area contributed by atoms with Crippen LogP contribution in [0.4, 0.5) is 0 Å². The van der Waals surface area contributed by atoms with Crippen molar-refractivity contribution in [2.75, 3.05) is 18.6 Å². The van der Waals surface area contributed by atoms with Gasteiger partial charge in [-0.1, -0.05) is 12.1 Å². The Kier molecular flexibility index (Phi) is 4.40. The summed E-state index contributed by atoms with van der Waals surface area (Å²) < 4.78 is 24.8. The number of hydrogen-bond acceptors (Lipinski definition) is 5. The summed E-state index contributed by atoms with van der Waals surface area (Å²) in [6.45, 7) is 1.94. The van der Waals surface area contributed by atoms with E-state index in [2.05, 4.69) is 10.1 Å². The van der Waals surface area contributed by atoms with Gasteiger partial charge < -0.3 is 4.90 Å². The van der Waals surface area contributed by atoms with Gasteiger partial charge in [0.25, 0.3) is 0 Å². The Bertz CT molecular complexity index is 816. The second-order valence-corrected chi connectivity index (χ2v) is 8.39. The van der Waals surface area contributed by atoms with Gasteiger partial charge in [0.1, 0.15) is 12.7 Å². The summed E-state index contributed by atoms with van der Waals surface area (Å²) >= 11 is 0. The molecule has 1 aromatic carbocycles. The van der Waals surface area contributed by atoms with Crippen LogP contribution < -0.4 is 0 Å². The summed E-state index contributed by atoms with van der Waals surface area (Å²) in [6.07, 6.45) is 3.51. The van der Waals surface area contributed by atoms with Crippen LogP contribution in [0.25, 0.3) is 5.69 Å². The van der Waals surface area contributed by atoms with E-state index in [0.717, 1.165) is 11.3 Å². The summed E-state index contributed by atoms with van der Waals surface area (Å²) in [6, 6.07) is 7.58. The predicted molar refractivity (Wildman–Crippen MR) is 89.3 cm³/mol. The number of benzene rings is 1. The monoisotopic (exact) mass is 348 g/mol. The largest absolute Gasteiger partial charge is 0.339 e. The fourth-order valence-electron chi connectivity index (χ4n) is 2.94. The standard InChI is InChI=1S/C16H20N4O3S/c1-12(19(2)16(21)14-7-8-24(22,23)9-14)13-3-5-15(6-4-13)20-11-17-10-18-20/h3-6,10-12,14H,7-9H2,1-2H3. The van der Waals surface area contributed by atoms with Crippen LogP contribution in [0.1, 0.15) is 24.9 Å². The van der Waals surface area contributed by atoms with E-state index in [1.165, 1.54) is 6.33 Å². The molecule has 1 saturated heterocycles. The molecule has 7 nitrogen and oxygen atoms in total. The molecule has 1 aliphatic heterocycles. The molecule has 3 rings (SSSR count). The summed E-state index contributed by atoms with van der Waals surface area (Å²) in [4.78, 5) is 18.1. The molecule has 2 aromatic rings. The average molecular weight is 348 g/mol. The van der Waals surface area contributed by atoms with Crippen LogP contribution in [0.3, 0.4) is 0 Å². The third-order valence-corrected chi connectivity index (χ3v) is 6.34. The molecule has 2 atom stereocenters. The van der Waals surface area contributed by atoms with Gasteiger partial charge in [-0.2, -0.15) is 5.10 Å². The first kappa shape index (κ1) is 16.6. The van der Waals surface area contributed by atoms with E-state index in [0.29, 0.717) is 6.42 Å². The van der Waals surface area contributed by atoms with E-state index >= 15 is 0 Å². The van der Waals surface area contributed by atoms with Gasteiger partial charge in [0.2, 0.25) is 5.91 Å². The van der Waals surface area contributed by atoms with Crippen LogP contribution in [0, 0.1) is 5.92 Å². The molecule has 0 bridgehead atoms. The average Bonchev–Trinajstić information content (AvgIpc) is 3.22. The molecule has 0 radical (unpaired) electrons. The maximum Gasteiger partial charge on any atom is 0.226 e. The van der Waals surface area contributed by atoms with Gasteiger partial charge in [-0.3, -0.25) is 4.79 Å². The summed E-state index contributed by atoms with van der Waals surface area (Å²) in [5.41, 5.74) is 1.87. The lowest BCUT2D eigenvalue weighted by Gasteiger charge is -2.27. The lowest BCUT2D eigenvalue weighted by molar-refractivity contribution is -0.135. The Hall–Kier alpha value is -2.22. The van der Waals surface area contributed by atoms with Gasteiger partial charge in [-0.05, 0) is 31.0 Å². The summed E-state index contributed by atoms with van der Waals surface area (Å²) in [5, 5.41) is 4.07. The third-order valence-electron chi connectivity index (χ3n) is 4.57. The smallest absolute Gasteiger partial charge is 0.226 e. The van der Waals surface area contributed by atoms with Gasteiger partial charge >= 0.3 is 0 Å². The molecule has 1 aliphatic rings. The summed E-state index contributed by atoms with van der Waals surface area (Å²) in [5.74, 6) is -0.451. The van der Waals surface area contributed by atoms with Gasteiger partial charge in [-0.25, -0.2) is 18.1 Å². The van der Waals surface area contributed by atoms with E-state index < -0.39 is 15.8 Å². The van der Waals surface area contributed by atoms with Crippen LogP contribution in [-0.4, -0.2) is 52.5 Å². The van der Waals surface area contributed by atoms with Gasteiger partial charge in [0, 0.05) is 7.05 Å². The number of aromatic nitrogens is 3. The van der Waals surface area contributed by atoms with E-state index in [1.54, 1.807) is 23.0 Å². The van der Waals surface area contributed by atoms with Crippen molar-refractivity contribution in [2.45, 2.75) is 19.4 Å². The first-order valence-corrected chi connectivity index (χ1v) is 9.61. The normalized spacial score (nSPS) is 20.7. The second kappa shape index (κ2) is 6.35. The van der Waals surface area contributed by atoms with Crippen molar-refractivity contribution in [1.29, 1.82) is 0 Å². The molecular weight excluding hydrogens is 328 g/mol. The molecule has 128 valence electrons. The molecule has 1 aromatic heterocycles. The number of rotatable bonds is 4. The molecule has 0 saturated carbocycles. The molecule has 8 heteroatoms. The van der Waals surface area contributed by atoms with Crippen molar-refractivity contribution in [2.24, 2.45) is 5.92 Å². The first-order chi connectivity index (χ1) is 11.4. The Morgan fingerprint density at radius 2 is 2.04 bits per heavy atom. The highest BCUT2D eigenvalue weighted by atomic mass is 32.2. The Labute approximate surface area is 141 Å². The summed E-state index contributed by atoms with van der Waals surface area (Å²) in [7, 11) is -1.33. The van der Waals surface area contributed by atoms with Crippen molar-refractivity contribution >= 4 is 15.7 Å². The minimum atomic E-state index is -3.06. The van der Waals surface area contributed by atoms with Crippen molar-refractivity contribution in [3.63, 3.8) is 0 Å². The molecule has 0 aliphatic carbocycles. The molecule has 1 amide bonds. The number of carbonyl (C=O) groups is 1. The fourth-order valence-corrected chi connectivity index (χ4v) is 4.67. The lowest BCUT2D eigenvalue weighted by atomic mass is 10.0. The van der Waals surface area contributed by atoms with Gasteiger partial charge in [0.05, 0.1) is 29.2 Å². The second-order valence-electron chi connectivity index (χ2n) is 6.16. The van der Waals surface area contributed by atoms with Crippen molar-refractivity contribution in [3.8, 4) is 5.69 Å². The van der Waals surface area contributed by atoms with Crippen LogP contribution in [0.2, 0.25) is 0 Å². The maximum atomic E-state index is 12.5. The highest BCUT2D eigenvalue weighted by molar-refractivity contribution is 7.91. The number of amides is 1. The fraction of sp³-hybridized carbons (Fsp3) is 0.438. The topological polar surface area (TPSA) is 85.2 Å². The van der Waals surface area contributed by atoms with Gasteiger partial charge in [0.15, 0.2) is 9.84 Å². The van der Waals surface area contributed by atoms with Crippen LogP contribution in [0.15, 0.2) is 36.9 Å². The zero-order valence-corrected chi connectivity index (χ0v) is 14.5. The molecule has 0 N–H and O–H groups in total. The number of carbonyl (C=O) groups excluding carboxylic acids is 1. The third kappa shape index (κ3) is 3.33. The Balaban J connectivity index is 1.71. The molecule has 24 heavy (non-hydrogen) atoms. The van der Waals surface area contributed by atoms with E-state index in [9.17, 15) is 13.2 Å². The van der Waals surface area contributed by atoms with Crippen molar-refractivity contribution < 1.29 is 13.2 Å². The molecule has 1 fully saturated rings. The zero-order valence-electron chi connectivity index (χ0n) is 13.7. The number of hydrogen-bond donors (Lipinski definition) is 0. The number of sulfone groups is 1. The Morgan fingerprint density at radius 3 is 2.58 bits per heavy atom. The zero-order chi connectivity index (χ0) is 17.3. The number of nitrogens with zero attached hydrogens (tertiary/aromatic N) is 4. The van der Waals surface area contributed by atoms with Crippen LogP contribution in [-0.2, 0) is 14.6 Å². The van der Waals surface area contributed by atoms with E-state index in [-0.39, 0.29) is 23.5 Å². The first-order valence-electron chi connectivity index (χ1n) is 7.79. The highest BCUT2D eigenvalue weighted by Crippen LogP contribution is 2.26. The minimum Gasteiger partial charge on any atom is -0.339 e.